The minimum Gasteiger partial charge on any atom is -0.481 e. The Hall–Kier alpha value is -2.94. The first-order valence-corrected chi connectivity index (χ1v) is 5.90. The van der Waals surface area contributed by atoms with Crippen LogP contribution in [0.2, 0.25) is 0 Å². The van der Waals surface area contributed by atoms with Gasteiger partial charge in [0.05, 0.1) is 18.4 Å². The summed E-state index contributed by atoms with van der Waals surface area (Å²) in [5, 5.41) is 17.8. The molecule has 0 radical (unpaired) electrons. The largest absolute Gasteiger partial charge is 0.481 e. The Morgan fingerprint density at radius 1 is 1.35 bits per heavy atom. The maximum Gasteiger partial charge on any atom is 0.305 e. The predicted octanol–water partition coefficient (Wildman–Crippen LogP) is 1.26. The zero-order valence-electron chi connectivity index (χ0n) is 10.5. The van der Waals surface area contributed by atoms with Crippen LogP contribution in [-0.4, -0.2) is 20.6 Å². The van der Waals surface area contributed by atoms with Crippen molar-refractivity contribution in [3.8, 4) is 17.3 Å². The Balaban J connectivity index is 2.48. The molecule has 1 heterocycles. The molecule has 0 unspecified atom stereocenters. The van der Waals surface area contributed by atoms with Gasteiger partial charge < -0.3 is 5.11 Å². The van der Waals surface area contributed by atoms with Gasteiger partial charge in [-0.05, 0) is 0 Å². The van der Waals surface area contributed by atoms with Crippen LogP contribution in [0.3, 0.4) is 0 Å². The quantitative estimate of drug-likeness (QED) is 0.901. The molecule has 0 bridgehead atoms. The number of carbonyl (C=O) groups is 1. The van der Waals surface area contributed by atoms with Crippen molar-refractivity contribution in [3.05, 3.63) is 52.6 Å². The molecule has 1 aromatic heterocycles. The van der Waals surface area contributed by atoms with Crippen molar-refractivity contribution < 1.29 is 9.90 Å². The molecule has 1 aromatic carbocycles. The van der Waals surface area contributed by atoms with E-state index in [1.54, 1.807) is 24.3 Å². The number of nitrogens with zero attached hydrogens (tertiary/aromatic N) is 3. The zero-order chi connectivity index (χ0) is 14.5. The fraction of sp³-hybridized carbons (Fsp3) is 0.143. The Morgan fingerprint density at radius 2 is 2.05 bits per heavy atom. The van der Waals surface area contributed by atoms with Gasteiger partial charge in [0.25, 0.3) is 5.56 Å². The molecule has 0 aliphatic heterocycles. The van der Waals surface area contributed by atoms with Crippen molar-refractivity contribution in [2.75, 3.05) is 0 Å². The van der Waals surface area contributed by atoms with Gasteiger partial charge in [-0.1, -0.05) is 30.3 Å². The topological polar surface area (TPSA) is 96.0 Å². The maximum absolute atomic E-state index is 12.1. The number of hydrogen-bond donors (Lipinski definition) is 1. The summed E-state index contributed by atoms with van der Waals surface area (Å²) in [5.74, 6) is -1.01. The number of carboxylic acids is 1. The number of benzene rings is 1. The molecule has 0 amide bonds. The Bertz CT molecular complexity index is 730. The fourth-order valence-electron chi connectivity index (χ4n) is 1.78. The van der Waals surface area contributed by atoms with Crippen LogP contribution in [0.4, 0.5) is 0 Å². The third-order valence-electron chi connectivity index (χ3n) is 2.76. The van der Waals surface area contributed by atoms with Crippen LogP contribution in [0, 0.1) is 11.3 Å². The lowest BCUT2D eigenvalue weighted by Gasteiger charge is -2.07. The first-order valence-electron chi connectivity index (χ1n) is 5.90. The second-order valence-corrected chi connectivity index (χ2v) is 4.09. The molecule has 0 atom stereocenters. The summed E-state index contributed by atoms with van der Waals surface area (Å²) >= 11 is 0. The highest BCUT2D eigenvalue weighted by molar-refractivity contribution is 5.67. The van der Waals surface area contributed by atoms with E-state index in [2.05, 4.69) is 4.98 Å². The molecule has 1 N–H and O–H groups in total. The SMILES string of the molecule is N#Cc1c(-c2ccccc2)ncn(CCC(=O)O)c1=O. The van der Waals surface area contributed by atoms with Crippen molar-refractivity contribution in [3.63, 3.8) is 0 Å². The zero-order valence-corrected chi connectivity index (χ0v) is 10.5. The lowest BCUT2D eigenvalue weighted by molar-refractivity contribution is -0.137. The van der Waals surface area contributed by atoms with Gasteiger partial charge in [-0.2, -0.15) is 5.26 Å². The average Bonchev–Trinajstić information content (AvgIpc) is 2.46. The van der Waals surface area contributed by atoms with E-state index in [9.17, 15) is 9.59 Å². The predicted molar refractivity (Wildman–Crippen MR) is 70.9 cm³/mol. The summed E-state index contributed by atoms with van der Waals surface area (Å²) in [6.07, 6.45) is 1.07. The molecule has 0 spiro atoms. The second-order valence-electron chi connectivity index (χ2n) is 4.09. The molecule has 2 aromatic rings. The van der Waals surface area contributed by atoms with Crippen LogP contribution in [-0.2, 0) is 11.3 Å². The normalized spacial score (nSPS) is 9.95. The van der Waals surface area contributed by atoms with E-state index in [0.717, 1.165) is 4.57 Å². The minimum atomic E-state index is -1.01. The smallest absolute Gasteiger partial charge is 0.305 e. The fourth-order valence-corrected chi connectivity index (χ4v) is 1.78. The minimum absolute atomic E-state index is 0.00901. The number of carboxylic acid groups (broad SMARTS) is 1. The van der Waals surface area contributed by atoms with Crippen molar-refractivity contribution in [1.29, 1.82) is 5.26 Å². The highest BCUT2D eigenvalue weighted by atomic mass is 16.4. The third kappa shape index (κ3) is 2.72. The van der Waals surface area contributed by atoms with Crippen LogP contribution in [0.25, 0.3) is 11.3 Å². The highest BCUT2D eigenvalue weighted by Crippen LogP contribution is 2.17. The van der Waals surface area contributed by atoms with Gasteiger partial charge in [0.15, 0.2) is 0 Å². The van der Waals surface area contributed by atoms with Crippen LogP contribution in [0.5, 0.6) is 0 Å². The van der Waals surface area contributed by atoms with Crippen molar-refractivity contribution >= 4 is 5.97 Å². The third-order valence-corrected chi connectivity index (χ3v) is 2.76. The number of aryl methyl sites for hydroxylation is 1. The average molecular weight is 269 g/mol. The highest BCUT2D eigenvalue weighted by Gasteiger charge is 2.13. The molecule has 0 fully saturated rings. The number of aliphatic carboxylic acids is 1. The molecule has 0 aliphatic carbocycles. The van der Waals surface area contributed by atoms with Crippen molar-refractivity contribution in [2.45, 2.75) is 13.0 Å². The molecule has 6 heteroatoms. The Morgan fingerprint density at radius 3 is 2.65 bits per heavy atom. The second kappa shape index (κ2) is 5.80. The number of rotatable bonds is 4. The van der Waals surface area contributed by atoms with Gasteiger partial charge >= 0.3 is 5.97 Å². The lowest BCUT2D eigenvalue weighted by atomic mass is 10.1. The van der Waals surface area contributed by atoms with Gasteiger partial charge in [-0.15, -0.1) is 0 Å². The molecule has 0 saturated heterocycles. The number of hydrogen-bond acceptors (Lipinski definition) is 4. The van der Waals surface area contributed by atoms with Crippen LogP contribution in [0.1, 0.15) is 12.0 Å². The summed E-state index contributed by atoms with van der Waals surface area (Å²) in [6.45, 7) is -0.00901. The molecule has 100 valence electrons. The first-order chi connectivity index (χ1) is 9.63. The molecule has 2 rings (SSSR count). The molecule has 20 heavy (non-hydrogen) atoms. The van der Waals surface area contributed by atoms with Gasteiger partial charge in [0.1, 0.15) is 11.6 Å². The van der Waals surface area contributed by atoms with E-state index in [0.29, 0.717) is 11.3 Å². The summed E-state index contributed by atoms with van der Waals surface area (Å²) in [5.41, 5.74) is 0.378. The summed E-state index contributed by atoms with van der Waals surface area (Å²) in [6, 6.07) is 10.8. The molecular weight excluding hydrogens is 258 g/mol. The Labute approximate surface area is 114 Å². The van der Waals surface area contributed by atoms with Crippen LogP contribution >= 0.6 is 0 Å². The molecule has 6 nitrogen and oxygen atoms in total. The molecular formula is C14H11N3O3. The first kappa shape index (κ1) is 13.5. The number of nitriles is 1. The van der Waals surface area contributed by atoms with Crippen LogP contribution < -0.4 is 5.56 Å². The van der Waals surface area contributed by atoms with E-state index in [-0.39, 0.29) is 18.5 Å². The van der Waals surface area contributed by atoms with E-state index in [4.69, 9.17) is 10.4 Å². The standard InChI is InChI=1S/C14H11N3O3/c15-8-11-13(10-4-2-1-3-5-10)16-9-17(14(11)20)7-6-12(18)19/h1-5,9H,6-7H2,(H,18,19). The van der Waals surface area contributed by atoms with Gasteiger partial charge in [-0.25, -0.2) is 4.98 Å². The van der Waals surface area contributed by atoms with Gasteiger partial charge in [0, 0.05) is 12.1 Å². The number of aromatic nitrogens is 2. The summed E-state index contributed by atoms with van der Waals surface area (Å²) in [4.78, 5) is 26.7. The van der Waals surface area contributed by atoms with Crippen LogP contribution in [0.15, 0.2) is 41.5 Å². The van der Waals surface area contributed by atoms with E-state index in [1.807, 2.05) is 12.1 Å². The van der Waals surface area contributed by atoms with Gasteiger partial charge in [-0.3, -0.25) is 14.2 Å². The van der Waals surface area contributed by atoms with E-state index >= 15 is 0 Å². The lowest BCUT2D eigenvalue weighted by Crippen LogP contribution is -2.25. The Kier molecular flexibility index (Phi) is 3.91. The maximum atomic E-state index is 12.1. The van der Waals surface area contributed by atoms with E-state index < -0.39 is 11.5 Å². The monoisotopic (exact) mass is 269 g/mol. The van der Waals surface area contributed by atoms with Gasteiger partial charge in [0.2, 0.25) is 0 Å². The summed E-state index contributed by atoms with van der Waals surface area (Å²) in [7, 11) is 0. The van der Waals surface area contributed by atoms with Crippen molar-refractivity contribution in [2.24, 2.45) is 0 Å². The molecule has 0 aliphatic rings. The van der Waals surface area contributed by atoms with Crippen molar-refractivity contribution in [1.82, 2.24) is 9.55 Å². The molecule has 0 saturated carbocycles. The summed E-state index contributed by atoms with van der Waals surface area (Å²) < 4.78 is 1.14. The van der Waals surface area contributed by atoms with E-state index in [1.165, 1.54) is 6.33 Å².